The SMILES string of the molecule is [BH][C-]=C/C=C(\[CH]=[W])[N+](=O)[O-]. The summed E-state index contributed by atoms with van der Waals surface area (Å²) in [5.41, 5.74) is 0.0890. The number of nitrogens with zero attached hydrogens (tertiary/aromatic N) is 1. The summed E-state index contributed by atoms with van der Waals surface area (Å²) >= 11 is 1.05. The molecule has 0 aromatic heterocycles. The van der Waals surface area contributed by atoms with Gasteiger partial charge in [-0.15, -0.1) is 0 Å². The molecule has 0 unspecified atom stereocenters. The first-order chi connectivity index (χ1) is 4.72. The molecule has 0 amide bonds. The fraction of sp³-hybridized carbons (Fsp3) is 0. The van der Waals surface area contributed by atoms with Crippen LogP contribution < -0.4 is 0 Å². The van der Waals surface area contributed by atoms with Crippen molar-refractivity contribution < 1.29 is 24.3 Å². The molecule has 0 saturated carbocycles. The molecular weight excluding hydrogens is 301 g/mol. The molecule has 0 aliphatic carbocycles. The first-order valence-corrected chi connectivity index (χ1v) is 4.07. The van der Waals surface area contributed by atoms with Crippen molar-refractivity contribution in [1.82, 2.24) is 0 Å². The van der Waals surface area contributed by atoms with E-state index in [0.29, 0.717) is 0 Å². The zero-order valence-electron chi connectivity index (χ0n) is 5.11. The van der Waals surface area contributed by atoms with Crippen LogP contribution in [-0.4, -0.2) is 17.2 Å². The average Bonchev–Trinajstić information content (AvgIpc) is 1.89. The minimum absolute atomic E-state index is 0.0890. The van der Waals surface area contributed by atoms with Gasteiger partial charge in [0.2, 0.25) is 0 Å². The third-order valence-electron chi connectivity index (χ3n) is 0.704. The van der Waals surface area contributed by atoms with E-state index < -0.39 is 4.92 Å². The van der Waals surface area contributed by atoms with Gasteiger partial charge < -0.3 is 0 Å². The standard InChI is InChI=1S/C5H4BNO2.W/c1-5(7(8)9)3-2-4-6;/h1-3,6H;/q-1;/b5-3+;. The Morgan fingerprint density at radius 3 is 2.70 bits per heavy atom. The van der Waals surface area contributed by atoms with Gasteiger partial charge in [0.25, 0.3) is 0 Å². The van der Waals surface area contributed by atoms with Crippen LogP contribution in [0.25, 0.3) is 0 Å². The van der Waals surface area contributed by atoms with Gasteiger partial charge in [-0.25, -0.2) is 0 Å². The normalized spacial score (nSPS) is 11.8. The predicted octanol–water partition coefficient (Wildman–Crippen LogP) is -0.286. The molecule has 0 N–H and O–H groups in total. The van der Waals surface area contributed by atoms with Crippen molar-refractivity contribution >= 4 is 12.2 Å². The Labute approximate surface area is 70.8 Å². The van der Waals surface area contributed by atoms with Gasteiger partial charge in [-0.3, -0.25) is 0 Å². The van der Waals surface area contributed by atoms with Crippen LogP contribution in [0.5, 0.6) is 0 Å². The maximum absolute atomic E-state index is 10.1. The zero-order valence-corrected chi connectivity index (χ0v) is 8.04. The molecule has 0 aromatic carbocycles. The molecule has 0 aliphatic heterocycles. The van der Waals surface area contributed by atoms with Crippen LogP contribution in [-0.2, 0) is 19.4 Å². The fourth-order valence-corrected chi connectivity index (χ4v) is 0.879. The second-order valence-corrected chi connectivity index (χ2v) is 2.18. The van der Waals surface area contributed by atoms with Crippen molar-refractivity contribution in [1.29, 1.82) is 0 Å². The van der Waals surface area contributed by atoms with Crippen molar-refractivity contribution in [2.24, 2.45) is 0 Å². The Morgan fingerprint density at radius 2 is 2.40 bits per heavy atom. The van der Waals surface area contributed by atoms with E-state index in [1.807, 2.05) is 0 Å². The van der Waals surface area contributed by atoms with Gasteiger partial charge in [0.15, 0.2) is 0 Å². The van der Waals surface area contributed by atoms with E-state index in [-0.39, 0.29) is 5.70 Å². The Bertz CT molecular complexity index is 200. The molecule has 0 fully saturated rings. The van der Waals surface area contributed by atoms with Crippen LogP contribution in [0.1, 0.15) is 0 Å². The van der Waals surface area contributed by atoms with Crippen LogP contribution in [0, 0.1) is 16.1 Å². The molecule has 0 aliphatic rings. The van der Waals surface area contributed by atoms with Gasteiger partial charge in [-0.05, 0) is 0 Å². The first-order valence-electron chi connectivity index (χ1n) is 2.38. The average molecular weight is 305 g/mol. The fourth-order valence-electron chi connectivity index (χ4n) is 0.287. The summed E-state index contributed by atoms with van der Waals surface area (Å²) in [7, 11) is 3.27. The summed E-state index contributed by atoms with van der Waals surface area (Å²) in [6.45, 7) is 0. The molecule has 0 aromatic rings. The van der Waals surface area contributed by atoms with Crippen molar-refractivity contribution in [2.45, 2.75) is 0 Å². The van der Waals surface area contributed by atoms with Crippen molar-refractivity contribution in [3.05, 3.63) is 33.9 Å². The molecule has 0 heterocycles. The van der Waals surface area contributed by atoms with E-state index in [1.165, 1.54) is 16.6 Å². The second-order valence-electron chi connectivity index (χ2n) is 1.34. The zero-order chi connectivity index (χ0) is 7.98. The Morgan fingerprint density at radius 1 is 1.80 bits per heavy atom. The molecule has 3 nitrogen and oxygen atoms in total. The third-order valence-corrected chi connectivity index (χ3v) is 1.57. The summed E-state index contributed by atoms with van der Waals surface area (Å²) < 4.78 is 1.49. The van der Waals surface area contributed by atoms with Crippen molar-refractivity contribution in [3.63, 3.8) is 0 Å². The summed E-state index contributed by atoms with van der Waals surface area (Å²) in [5, 5.41) is 10.1. The summed E-state index contributed by atoms with van der Waals surface area (Å²) in [5.74, 6) is 2.42. The molecular formula is C5H4BNO2W-. The monoisotopic (exact) mass is 305 g/mol. The second kappa shape index (κ2) is 5.30. The summed E-state index contributed by atoms with van der Waals surface area (Å²) in [6, 6.07) is 0. The van der Waals surface area contributed by atoms with E-state index >= 15 is 0 Å². The molecule has 0 rings (SSSR count). The van der Waals surface area contributed by atoms with Crippen LogP contribution in [0.4, 0.5) is 0 Å². The third kappa shape index (κ3) is 3.51. The number of nitro groups is 1. The Balaban J connectivity index is 4.33. The number of hydrogen-bond acceptors (Lipinski definition) is 2. The number of rotatable bonds is 3. The van der Waals surface area contributed by atoms with Crippen molar-refractivity contribution in [2.75, 3.05) is 0 Å². The molecule has 0 bridgehead atoms. The van der Waals surface area contributed by atoms with E-state index in [9.17, 15) is 10.1 Å². The van der Waals surface area contributed by atoms with E-state index in [4.69, 9.17) is 0 Å². The van der Waals surface area contributed by atoms with Gasteiger partial charge in [-0.1, -0.05) is 0 Å². The molecule has 0 spiro atoms. The van der Waals surface area contributed by atoms with Crippen LogP contribution in [0.15, 0.2) is 17.8 Å². The van der Waals surface area contributed by atoms with Crippen LogP contribution >= 0.6 is 0 Å². The molecule has 0 atom stereocenters. The van der Waals surface area contributed by atoms with Gasteiger partial charge in [0, 0.05) is 0 Å². The maximum atomic E-state index is 10.1. The molecule has 5 heteroatoms. The van der Waals surface area contributed by atoms with Gasteiger partial charge in [-0.2, -0.15) is 0 Å². The molecule has 1 radical (unpaired) electrons. The first kappa shape index (κ1) is 9.50. The number of hydrogen-bond donors (Lipinski definition) is 0. The van der Waals surface area contributed by atoms with E-state index in [2.05, 4.69) is 13.8 Å². The van der Waals surface area contributed by atoms with Gasteiger partial charge in [0.05, 0.1) is 0 Å². The predicted molar refractivity (Wildman–Crippen MR) is 36.1 cm³/mol. The quantitative estimate of drug-likeness (QED) is 0.236. The number of allylic oxidation sites excluding steroid dienone is 3. The van der Waals surface area contributed by atoms with E-state index in [1.54, 1.807) is 0 Å². The Hall–Kier alpha value is -0.497. The molecule has 10 heavy (non-hydrogen) atoms. The molecule has 51 valence electrons. The van der Waals surface area contributed by atoms with Crippen LogP contribution in [0.3, 0.4) is 0 Å². The van der Waals surface area contributed by atoms with Gasteiger partial charge >= 0.3 is 70.5 Å². The topological polar surface area (TPSA) is 43.1 Å². The Kier molecular flexibility index (Phi) is 5.04. The molecule has 0 saturated heterocycles. The summed E-state index contributed by atoms with van der Waals surface area (Å²) in [6.07, 6.45) is 2.78. The summed E-state index contributed by atoms with van der Waals surface area (Å²) in [4.78, 5) is 9.64. The minimum atomic E-state index is -0.444. The van der Waals surface area contributed by atoms with Crippen molar-refractivity contribution in [3.8, 4) is 0 Å². The van der Waals surface area contributed by atoms with Crippen LogP contribution in [0.2, 0.25) is 0 Å². The van der Waals surface area contributed by atoms with E-state index in [0.717, 1.165) is 19.4 Å². The van der Waals surface area contributed by atoms with Gasteiger partial charge in [0.1, 0.15) is 0 Å².